The molecule has 2 N–H and O–H groups in total. The van der Waals surface area contributed by atoms with Crippen molar-refractivity contribution >= 4 is 23.1 Å². The van der Waals surface area contributed by atoms with Crippen LogP contribution in [-0.4, -0.2) is 34.2 Å². The molecule has 0 spiro atoms. The highest BCUT2D eigenvalue weighted by molar-refractivity contribution is 7.09. The van der Waals surface area contributed by atoms with Crippen LogP contribution in [0.4, 0.5) is 11.8 Å². The van der Waals surface area contributed by atoms with Gasteiger partial charge in [0.25, 0.3) is 0 Å². The van der Waals surface area contributed by atoms with E-state index in [0.29, 0.717) is 18.5 Å². The summed E-state index contributed by atoms with van der Waals surface area (Å²) in [5, 5.41) is 9.71. The summed E-state index contributed by atoms with van der Waals surface area (Å²) in [7, 11) is 0. The Morgan fingerprint density at radius 1 is 1.43 bits per heavy atom. The van der Waals surface area contributed by atoms with Gasteiger partial charge in [0, 0.05) is 18.2 Å². The molecule has 7 heteroatoms. The minimum atomic E-state index is 0.336. The van der Waals surface area contributed by atoms with E-state index in [-0.39, 0.29) is 0 Å². The molecule has 0 radical (unpaired) electrons. The summed E-state index contributed by atoms with van der Waals surface area (Å²) in [5.74, 6) is 1.44. The predicted octanol–water partition coefficient (Wildman–Crippen LogP) is 2.44. The third kappa shape index (κ3) is 4.12. The number of nitrogens with one attached hydrogen (secondary N) is 2. The van der Waals surface area contributed by atoms with Crippen molar-refractivity contribution in [2.24, 2.45) is 0 Å². The van der Waals surface area contributed by atoms with Crippen molar-refractivity contribution in [3.63, 3.8) is 0 Å². The number of thiazole rings is 1. The van der Waals surface area contributed by atoms with E-state index >= 15 is 0 Å². The monoisotopic (exact) mass is 305 g/mol. The van der Waals surface area contributed by atoms with E-state index in [9.17, 15) is 0 Å². The van der Waals surface area contributed by atoms with Gasteiger partial charge in [0.15, 0.2) is 0 Å². The van der Waals surface area contributed by atoms with E-state index in [1.165, 1.54) is 0 Å². The third-order valence-electron chi connectivity index (χ3n) is 3.26. The first-order valence-corrected chi connectivity index (χ1v) is 8.00. The smallest absolute Gasteiger partial charge is 0.224 e. The van der Waals surface area contributed by atoms with Gasteiger partial charge >= 0.3 is 0 Å². The summed E-state index contributed by atoms with van der Waals surface area (Å²) in [5.41, 5.74) is 1.01. The molecule has 1 atom stereocenters. The van der Waals surface area contributed by atoms with Crippen LogP contribution in [-0.2, 0) is 11.3 Å². The maximum absolute atomic E-state index is 5.46. The summed E-state index contributed by atoms with van der Waals surface area (Å²) < 4.78 is 5.46. The zero-order chi connectivity index (χ0) is 14.5. The molecular weight excluding hydrogens is 286 g/mol. The molecule has 0 bridgehead atoms. The van der Waals surface area contributed by atoms with Crippen LogP contribution in [0.5, 0.6) is 0 Å². The second-order valence-corrected chi connectivity index (χ2v) is 6.10. The summed E-state index contributed by atoms with van der Waals surface area (Å²) in [6.45, 7) is 4.24. The lowest BCUT2D eigenvalue weighted by Gasteiger charge is -2.23. The minimum absolute atomic E-state index is 0.336. The molecule has 0 amide bonds. The lowest BCUT2D eigenvalue weighted by molar-refractivity contribution is 0.0875. The Bertz CT molecular complexity index is 582. The van der Waals surface area contributed by atoms with E-state index in [2.05, 4.69) is 25.6 Å². The number of hydrogen-bond donors (Lipinski definition) is 2. The highest BCUT2D eigenvalue weighted by atomic mass is 32.1. The van der Waals surface area contributed by atoms with E-state index < -0.39 is 0 Å². The van der Waals surface area contributed by atoms with Crippen molar-refractivity contribution in [2.45, 2.75) is 32.4 Å². The molecule has 0 saturated carbocycles. The fraction of sp³-hybridized carbons (Fsp3) is 0.500. The second kappa shape index (κ2) is 6.82. The summed E-state index contributed by atoms with van der Waals surface area (Å²) in [4.78, 5) is 13.1. The summed E-state index contributed by atoms with van der Waals surface area (Å²) in [6.07, 6.45) is 3.97. The molecule has 1 unspecified atom stereocenters. The van der Waals surface area contributed by atoms with Crippen LogP contribution in [0.1, 0.15) is 23.5 Å². The van der Waals surface area contributed by atoms with Crippen LogP contribution < -0.4 is 10.6 Å². The Hall–Kier alpha value is -1.73. The first kappa shape index (κ1) is 14.2. The number of nitrogens with zero attached hydrogens (tertiary/aromatic N) is 3. The molecule has 1 fully saturated rings. The fourth-order valence-corrected chi connectivity index (χ4v) is 2.86. The van der Waals surface area contributed by atoms with Crippen molar-refractivity contribution in [1.29, 1.82) is 0 Å². The molecule has 1 aliphatic rings. The molecule has 1 saturated heterocycles. The number of aryl methyl sites for hydroxylation is 1. The van der Waals surface area contributed by atoms with Crippen LogP contribution >= 0.6 is 11.3 Å². The van der Waals surface area contributed by atoms with Gasteiger partial charge in [0.2, 0.25) is 5.95 Å². The quantitative estimate of drug-likeness (QED) is 0.884. The zero-order valence-corrected chi connectivity index (χ0v) is 12.8. The first-order chi connectivity index (χ1) is 10.3. The molecule has 3 rings (SSSR count). The van der Waals surface area contributed by atoms with E-state index in [1.54, 1.807) is 17.5 Å². The SMILES string of the molecule is Cc1nc(CNc2nccc(NC3CCCOC3)n2)cs1. The number of anilines is 2. The fourth-order valence-electron chi connectivity index (χ4n) is 2.25. The maximum atomic E-state index is 5.46. The Balaban J connectivity index is 1.57. The van der Waals surface area contributed by atoms with Gasteiger partial charge in [-0.25, -0.2) is 9.97 Å². The minimum Gasteiger partial charge on any atom is -0.379 e. The van der Waals surface area contributed by atoms with Crippen molar-refractivity contribution in [2.75, 3.05) is 23.8 Å². The van der Waals surface area contributed by atoms with Gasteiger partial charge < -0.3 is 15.4 Å². The average Bonchev–Trinajstić information content (AvgIpc) is 2.92. The molecule has 2 aromatic heterocycles. The topological polar surface area (TPSA) is 72.0 Å². The highest BCUT2D eigenvalue weighted by Gasteiger charge is 2.14. The number of ether oxygens (including phenoxy) is 1. The first-order valence-electron chi connectivity index (χ1n) is 7.12. The van der Waals surface area contributed by atoms with Crippen LogP contribution in [0.2, 0.25) is 0 Å². The second-order valence-electron chi connectivity index (χ2n) is 5.04. The van der Waals surface area contributed by atoms with Crippen molar-refractivity contribution in [1.82, 2.24) is 15.0 Å². The molecule has 2 aromatic rings. The summed E-state index contributed by atoms with van der Waals surface area (Å²) in [6, 6.07) is 2.22. The molecular formula is C14H19N5OS. The van der Waals surface area contributed by atoms with Gasteiger partial charge in [-0.2, -0.15) is 4.98 Å². The molecule has 0 aromatic carbocycles. The molecule has 112 valence electrons. The number of aromatic nitrogens is 3. The highest BCUT2D eigenvalue weighted by Crippen LogP contribution is 2.14. The Morgan fingerprint density at radius 2 is 2.38 bits per heavy atom. The summed E-state index contributed by atoms with van der Waals surface area (Å²) >= 11 is 1.65. The van der Waals surface area contributed by atoms with Crippen LogP contribution in [0.25, 0.3) is 0 Å². The predicted molar refractivity (Wildman–Crippen MR) is 83.7 cm³/mol. The van der Waals surface area contributed by atoms with E-state index in [4.69, 9.17) is 4.74 Å². The van der Waals surface area contributed by atoms with Gasteiger partial charge in [0.05, 0.1) is 29.9 Å². The lowest BCUT2D eigenvalue weighted by atomic mass is 10.1. The van der Waals surface area contributed by atoms with Crippen molar-refractivity contribution < 1.29 is 4.74 Å². The Morgan fingerprint density at radius 3 is 3.14 bits per heavy atom. The van der Waals surface area contributed by atoms with Gasteiger partial charge in [-0.15, -0.1) is 11.3 Å². The number of hydrogen-bond acceptors (Lipinski definition) is 7. The molecule has 1 aliphatic heterocycles. The van der Waals surface area contributed by atoms with Gasteiger partial charge in [0.1, 0.15) is 5.82 Å². The number of rotatable bonds is 5. The Kier molecular flexibility index (Phi) is 4.62. The van der Waals surface area contributed by atoms with Gasteiger partial charge in [-0.3, -0.25) is 0 Å². The Labute approximate surface area is 128 Å². The van der Waals surface area contributed by atoms with Crippen molar-refractivity contribution in [3.05, 3.63) is 28.3 Å². The van der Waals surface area contributed by atoms with E-state index in [1.807, 2.05) is 18.4 Å². The van der Waals surface area contributed by atoms with Gasteiger partial charge in [-0.1, -0.05) is 0 Å². The normalized spacial score (nSPS) is 18.4. The van der Waals surface area contributed by atoms with Crippen LogP contribution in [0.15, 0.2) is 17.6 Å². The molecule has 6 nitrogen and oxygen atoms in total. The van der Waals surface area contributed by atoms with Crippen LogP contribution in [0, 0.1) is 6.92 Å². The average molecular weight is 305 g/mol. The van der Waals surface area contributed by atoms with Crippen molar-refractivity contribution in [3.8, 4) is 0 Å². The molecule has 0 aliphatic carbocycles. The van der Waals surface area contributed by atoms with Crippen LogP contribution in [0.3, 0.4) is 0 Å². The van der Waals surface area contributed by atoms with Gasteiger partial charge in [-0.05, 0) is 25.8 Å². The maximum Gasteiger partial charge on any atom is 0.224 e. The van der Waals surface area contributed by atoms with E-state index in [0.717, 1.165) is 42.6 Å². The zero-order valence-electron chi connectivity index (χ0n) is 12.0. The third-order valence-corrected chi connectivity index (χ3v) is 4.08. The molecule has 3 heterocycles. The standard InChI is InChI=1S/C14H19N5OS/c1-10-17-12(9-21-10)7-16-14-15-5-4-13(19-14)18-11-3-2-6-20-8-11/h4-5,9,11H,2-3,6-8H2,1H3,(H2,15,16,18,19). The lowest BCUT2D eigenvalue weighted by Crippen LogP contribution is -2.30. The molecule has 21 heavy (non-hydrogen) atoms. The largest absolute Gasteiger partial charge is 0.379 e.